The number of hydrogen-bond donors (Lipinski definition) is 1. The Labute approximate surface area is 157 Å². The Balaban J connectivity index is 1.86. The van der Waals surface area contributed by atoms with E-state index in [0.29, 0.717) is 12.0 Å². The van der Waals surface area contributed by atoms with Crippen molar-refractivity contribution in [1.29, 1.82) is 0 Å². The lowest BCUT2D eigenvalue weighted by molar-refractivity contribution is -0.737. The number of benzene rings is 2. The van der Waals surface area contributed by atoms with E-state index in [0.717, 1.165) is 22.9 Å². The van der Waals surface area contributed by atoms with Crippen molar-refractivity contribution < 1.29 is 10.1 Å². The van der Waals surface area contributed by atoms with E-state index in [4.69, 9.17) is 16.3 Å². The first-order valence-electron chi connectivity index (χ1n) is 8.94. The van der Waals surface area contributed by atoms with Gasteiger partial charge in [0.2, 0.25) is 0 Å². The predicted octanol–water partition coefficient (Wildman–Crippen LogP) is 5.20. The third-order valence-corrected chi connectivity index (χ3v) is 4.52. The summed E-state index contributed by atoms with van der Waals surface area (Å²) in [5, 5.41) is 3.17. The molecule has 0 aliphatic carbocycles. The van der Waals surface area contributed by atoms with Gasteiger partial charge in [-0.3, -0.25) is 0 Å². The molecule has 2 aromatic carbocycles. The fourth-order valence-electron chi connectivity index (χ4n) is 3.33. The minimum absolute atomic E-state index is 0.234. The van der Waals surface area contributed by atoms with Gasteiger partial charge >= 0.3 is 0 Å². The number of halogens is 1. The molecule has 0 fully saturated rings. The molecule has 25 heavy (non-hydrogen) atoms. The van der Waals surface area contributed by atoms with Crippen LogP contribution in [0, 0.1) is 5.41 Å². The maximum atomic E-state index is 6.16. The largest absolute Gasteiger partial charge is 0.489 e. The summed E-state index contributed by atoms with van der Waals surface area (Å²) in [6.45, 7) is 13.0. The van der Waals surface area contributed by atoms with Gasteiger partial charge in [0, 0.05) is 22.6 Å². The standard InChI is InChI=1S/C22H30ClNO/c1-21(2,3)16-22(4,5)24-14-17-10-12-19(13-11-17)25-15-18-8-6-7-9-20(18)23/h6-13,24H,14-16H2,1-5H3/p+1. The molecule has 0 aliphatic rings. The summed E-state index contributed by atoms with van der Waals surface area (Å²) < 4.78 is 5.84. The van der Waals surface area contributed by atoms with E-state index in [9.17, 15) is 0 Å². The van der Waals surface area contributed by atoms with Gasteiger partial charge in [0.15, 0.2) is 0 Å². The van der Waals surface area contributed by atoms with Crippen LogP contribution in [0.25, 0.3) is 0 Å². The molecular weight excluding hydrogens is 330 g/mol. The van der Waals surface area contributed by atoms with Gasteiger partial charge in [-0.25, -0.2) is 0 Å². The topological polar surface area (TPSA) is 25.8 Å². The Morgan fingerprint density at radius 2 is 1.56 bits per heavy atom. The van der Waals surface area contributed by atoms with Crippen LogP contribution in [0.4, 0.5) is 0 Å². The maximum absolute atomic E-state index is 6.16. The summed E-state index contributed by atoms with van der Waals surface area (Å²) in [5.41, 5.74) is 2.89. The molecule has 0 radical (unpaired) electrons. The first-order valence-corrected chi connectivity index (χ1v) is 9.32. The van der Waals surface area contributed by atoms with Crippen LogP contribution in [0.15, 0.2) is 48.5 Å². The molecular formula is C22H31ClNO+. The summed E-state index contributed by atoms with van der Waals surface area (Å²) in [5.74, 6) is 0.873. The fraction of sp³-hybridized carbons (Fsp3) is 0.455. The minimum Gasteiger partial charge on any atom is -0.489 e. The van der Waals surface area contributed by atoms with Crippen LogP contribution in [0.2, 0.25) is 5.02 Å². The second kappa shape index (κ2) is 8.25. The highest BCUT2D eigenvalue weighted by Gasteiger charge is 2.28. The van der Waals surface area contributed by atoms with Crippen LogP contribution in [0.5, 0.6) is 5.75 Å². The second-order valence-electron chi connectivity index (χ2n) is 8.66. The molecule has 2 N–H and O–H groups in total. The van der Waals surface area contributed by atoms with Gasteiger partial charge in [-0.1, -0.05) is 50.6 Å². The molecule has 0 aliphatic heterocycles. The van der Waals surface area contributed by atoms with Crippen molar-refractivity contribution in [3.63, 3.8) is 0 Å². The first kappa shape index (κ1) is 19.8. The molecule has 0 spiro atoms. The summed E-state index contributed by atoms with van der Waals surface area (Å²) in [7, 11) is 0. The monoisotopic (exact) mass is 360 g/mol. The van der Waals surface area contributed by atoms with E-state index in [1.807, 2.05) is 36.4 Å². The predicted molar refractivity (Wildman–Crippen MR) is 106 cm³/mol. The van der Waals surface area contributed by atoms with Gasteiger partial charge in [-0.05, 0) is 49.6 Å². The Morgan fingerprint density at radius 1 is 0.920 bits per heavy atom. The third kappa shape index (κ3) is 7.09. The Morgan fingerprint density at radius 3 is 2.16 bits per heavy atom. The molecule has 0 aromatic heterocycles. The molecule has 2 rings (SSSR count). The van der Waals surface area contributed by atoms with Crippen molar-refractivity contribution in [3.05, 3.63) is 64.7 Å². The molecule has 2 aromatic rings. The zero-order valence-corrected chi connectivity index (χ0v) is 16.9. The highest BCUT2D eigenvalue weighted by Crippen LogP contribution is 2.24. The van der Waals surface area contributed by atoms with Crippen LogP contribution in [0.3, 0.4) is 0 Å². The van der Waals surface area contributed by atoms with E-state index in [1.165, 1.54) is 12.0 Å². The van der Waals surface area contributed by atoms with E-state index in [2.05, 4.69) is 52.1 Å². The van der Waals surface area contributed by atoms with E-state index < -0.39 is 0 Å². The average molecular weight is 361 g/mol. The minimum atomic E-state index is 0.234. The average Bonchev–Trinajstić information content (AvgIpc) is 2.51. The van der Waals surface area contributed by atoms with Crippen molar-refractivity contribution >= 4 is 11.6 Å². The van der Waals surface area contributed by atoms with Crippen molar-refractivity contribution in [2.24, 2.45) is 5.41 Å². The van der Waals surface area contributed by atoms with E-state index in [-0.39, 0.29) is 5.54 Å². The summed E-state index contributed by atoms with van der Waals surface area (Å²) in [4.78, 5) is 0. The van der Waals surface area contributed by atoms with Crippen LogP contribution in [-0.2, 0) is 13.2 Å². The lowest BCUT2D eigenvalue weighted by atomic mass is 9.82. The SMILES string of the molecule is CC(C)(C)CC(C)(C)[NH2+]Cc1ccc(OCc2ccccc2Cl)cc1. The molecule has 0 saturated carbocycles. The number of nitrogens with two attached hydrogens (primary N) is 1. The summed E-state index contributed by atoms with van der Waals surface area (Å²) in [6.07, 6.45) is 1.18. The number of rotatable bonds is 7. The molecule has 0 bridgehead atoms. The number of quaternary nitrogens is 1. The smallest absolute Gasteiger partial charge is 0.119 e. The van der Waals surface area contributed by atoms with Crippen molar-refractivity contribution in [3.8, 4) is 5.75 Å². The van der Waals surface area contributed by atoms with Crippen LogP contribution < -0.4 is 10.1 Å². The van der Waals surface area contributed by atoms with E-state index >= 15 is 0 Å². The first-order chi connectivity index (χ1) is 11.6. The molecule has 3 heteroatoms. The van der Waals surface area contributed by atoms with Gasteiger partial charge in [0.1, 0.15) is 18.9 Å². The highest BCUT2D eigenvalue weighted by atomic mass is 35.5. The van der Waals surface area contributed by atoms with Gasteiger partial charge in [-0.2, -0.15) is 0 Å². The lowest BCUT2D eigenvalue weighted by Gasteiger charge is -2.30. The summed E-state index contributed by atoms with van der Waals surface area (Å²) >= 11 is 6.16. The molecule has 2 nitrogen and oxygen atoms in total. The Kier molecular flexibility index (Phi) is 6.53. The maximum Gasteiger partial charge on any atom is 0.119 e. The van der Waals surface area contributed by atoms with E-state index in [1.54, 1.807) is 0 Å². The Bertz CT molecular complexity index is 671. The number of ether oxygens (including phenoxy) is 1. The number of hydrogen-bond acceptors (Lipinski definition) is 1. The fourth-order valence-corrected chi connectivity index (χ4v) is 3.52. The zero-order valence-electron chi connectivity index (χ0n) is 16.1. The van der Waals surface area contributed by atoms with Crippen molar-refractivity contribution in [2.75, 3.05) is 0 Å². The Hall–Kier alpha value is -1.51. The van der Waals surface area contributed by atoms with Crippen molar-refractivity contribution in [2.45, 2.75) is 59.7 Å². The summed E-state index contributed by atoms with van der Waals surface area (Å²) in [6, 6.07) is 16.1. The lowest BCUT2D eigenvalue weighted by Crippen LogP contribution is -2.94. The van der Waals surface area contributed by atoms with Gasteiger partial charge in [-0.15, -0.1) is 0 Å². The second-order valence-corrected chi connectivity index (χ2v) is 9.07. The third-order valence-electron chi connectivity index (χ3n) is 4.15. The van der Waals surface area contributed by atoms with Crippen LogP contribution in [0.1, 0.15) is 52.2 Å². The molecule has 0 unspecified atom stereocenters. The molecule has 0 saturated heterocycles. The van der Waals surface area contributed by atoms with Crippen LogP contribution in [-0.4, -0.2) is 5.54 Å². The van der Waals surface area contributed by atoms with Gasteiger partial charge in [0.05, 0.1) is 5.54 Å². The van der Waals surface area contributed by atoms with Gasteiger partial charge < -0.3 is 10.1 Å². The highest BCUT2D eigenvalue weighted by molar-refractivity contribution is 6.31. The normalized spacial score (nSPS) is 12.2. The molecule has 0 heterocycles. The van der Waals surface area contributed by atoms with Crippen molar-refractivity contribution in [1.82, 2.24) is 0 Å². The molecule has 136 valence electrons. The van der Waals surface area contributed by atoms with Crippen LogP contribution >= 0.6 is 11.6 Å². The molecule has 0 atom stereocenters. The van der Waals surface area contributed by atoms with Gasteiger partial charge in [0.25, 0.3) is 0 Å². The molecule has 0 amide bonds. The quantitative estimate of drug-likeness (QED) is 0.721. The zero-order chi connectivity index (χ0) is 18.5.